The van der Waals surface area contributed by atoms with Gasteiger partial charge in [-0.1, -0.05) is 0 Å². The van der Waals surface area contributed by atoms with E-state index in [1.807, 2.05) is 20.8 Å². The van der Waals surface area contributed by atoms with Crippen molar-refractivity contribution in [3.05, 3.63) is 0 Å². The molecule has 0 aromatic heterocycles. The van der Waals surface area contributed by atoms with Gasteiger partial charge < -0.3 is 26.4 Å². The number of hydrogen-bond acceptors (Lipinski definition) is 4. The van der Waals surface area contributed by atoms with E-state index in [0.717, 1.165) is 32.6 Å². The Kier molecular flexibility index (Phi) is 7.11. The fraction of sp³-hybridized carbons (Fsp3) is 0.818. The molecule has 1 aliphatic rings. The second-order valence-electron chi connectivity index (χ2n) is 4.97. The van der Waals surface area contributed by atoms with Crippen LogP contribution in [0.2, 0.25) is 0 Å². The summed E-state index contributed by atoms with van der Waals surface area (Å²) in [5, 5.41) is 3.25. The van der Waals surface area contributed by atoms with Gasteiger partial charge in [0.25, 0.3) is 0 Å². The minimum absolute atomic E-state index is 0.193. The van der Waals surface area contributed by atoms with Gasteiger partial charge in [0, 0.05) is 19.6 Å². The zero-order valence-electron chi connectivity index (χ0n) is 11.4. The van der Waals surface area contributed by atoms with E-state index < -0.39 is 11.6 Å². The molecule has 106 valence electrons. The Morgan fingerprint density at radius 1 is 1.17 bits per heavy atom. The molecule has 18 heavy (non-hydrogen) atoms. The van der Waals surface area contributed by atoms with Gasteiger partial charge in [-0.25, -0.2) is 9.59 Å². The molecule has 0 atom stereocenters. The number of rotatable bonds is 0. The Balaban J connectivity index is 0.000000631. The Labute approximate surface area is 108 Å². The van der Waals surface area contributed by atoms with Crippen molar-refractivity contribution >= 4 is 12.1 Å². The average Bonchev–Trinajstić information content (AvgIpc) is 2.41. The molecule has 0 aliphatic carbocycles. The van der Waals surface area contributed by atoms with E-state index in [2.05, 4.69) is 16.8 Å². The van der Waals surface area contributed by atoms with Crippen LogP contribution in [-0.2, 0) is 4.74 Å². The third-order valence-electron chi connectivity index (χ3n) is 1.99. The summed E-state index contributed by atoms with van der Waals surface area (Å²) in [6, 6.07) is -0.833. The third-order valence-corrected chi connectivity index (χ3v) is 1.99. The van der Waals surface area contributed by atoms with E-state index in [4.69, 9.17) is 9.53 Å². The number of ether oxygens (including phenoxy) is 1. The van der Waals surface area contributed by atoms with Crippen LogP contribution in [0.25, 0.3) is 0 Å². The van der Waals surface area contributed by atoms with Crippen LogP contribution in [0.15, 0.2) is 0 Å². The van der Waals surface area contributed by atoms with Crippen LogP contribution in [0.3, 0.4) is 0 Å². The molecule has 1 saturated heterocycles. The van der Waals surface area contributed by atoms with Gasteiger partial charge in [-0.3, -0.25) is 0 Å². The highest BCUT2D eigenvalue weighted by Crippen LogP contribution is 2.10. The second-order valence-corrected chi connectivity index (χ2v) is 4.97. The fourth-order valence-corrected chi connectivity index (χ4v) is 1.35. The van der Waals surface area contributed by atoms with Crippen LogP contribution in [0.4, 0.5) is 9.59 Å². The maximum atomic E-state index is 11.6. The molecule has 7 nitrogen and oxygen atoms in total. The summed E-state index contributed by atoms with van der Waals surface area (Å²) in [6.45, 7) is 9.05. The maximum Gasteiger partial charge on any atom is 0.410 e. The SMILES string of the molecule is CC(C)(C)OC(=O)N1CCCNCC1.NC(N)=O. The molecule has 0 saturated carbocycles. The molecule has 0 unspecified atom stereocenters. The molecule has 1 aliphatic heterocycles. The minimum atomic E-state index is -0.833. The topological polar surface area (TPSA) is 111 Å². The maximum absolute atomic E-state index is 11.6. The number of carbonyl (C=O) groups excluding carboxylic acids is 2. The van der Waals surface area contributed by atoms with Crippen molar-refractivity contribution in [2.75, 3.05) is 26.2 Å². The first-order chi connectivity index (χ1) is 8.22. The van der Waals surface area contributed by atoms with Gasteiger partial charge in [0.1, 0.15) is 5.60 Å². The second kappa shape index (κ2) is 7.75. The zero-order valence-corrected chi connectivity index (χ0v) is 11.4. The monoisotopic (exact) mass is 260 g/mol. The molecule has 1 heterocycles. The lowest BCUT2D eigenvalue weighted by Gasteiger charge is -2.26. The first kappa shape index (κ1) is 16.5. The van der Waals surface area contributed by atoms with Crippen LogP contribution < -0.4 is 16.8 Å². The molecule has 0 aromatic carbocycles. The number of nitrogens with two attached hydrogens (primary N) is 2. The Morgan fingerprint density at radius 2 is 1.72 bits per heavy atom. The highest BCUT2D eigenvalue weighted by atomic mass is 16.6. The summed E-state index contributed by atoms with van der Waals surface area (Å²) in [7, 11) is 0. The summed E-state index contributed by atoms with van der Waals surface area (Å²) >= 11 is 0. The van der Waals surface area contributed by atoms with Crippen molar-refractivity contribution < 1.29 is 14.3 Å². The van der Waals surface area contributed by atoms with Gasteiger partial charge in [-0.2, -0.15) is 0 Å². The molecular weight excluding hydrogens is 236 g/mol. The molecule has 1 rings (SSSR count). The standard InChI is InChI=1S/C10H20N2O2.CH4N2O/c1-10(2,3)14-9(13)12-7-4-5-11-6-8-12;2-1(3)4/h11H,4-8H2,1-3H3;(H4,2,3,4). The van der Waals surface area contributed by atoms with Crippen LogP contribution >= 0.6 is 0 Å². The number of hydrogen-bond donors (Lipinski definition) is 3. The predicted octanol–water partition coefficient (Wildman–Crippen LogP) is 0.241. The zero-order chi connectivity index (χ0) is 14.2. The highest BCUT2D eigenvalue weighted by molar-refractivity contribution is 5.69. The number of amides is 3. The molecule has 1 fully saturated rings. The van der Waals surface area contributed by atoms with Crippen molar-refractivity contribution in [1.82, 2.24) is 10.2 Å². The van der Waals surface area contributed by atoms with Crippen molar-refractivity contribution in [3.63, 3.8) is 0 Å². The number of nitrogens with one attached hydrogen (secondary N) is 1. The van der Waals surface area contributed by atoms with Crippen molar-refractivity contribution in [2.45, 2.75) is 32.8 Å². The predicted molar refractivity (Wildman–Crippen MR) is 69.1 cm³/mol. The van der Waals surface area contributed by atoms with Crippen molar-refractivity contribution in [2.24, 2.45) is 11.5 Å². The van der Waals surface area contributed by atoms with Gasteiger partial charge >= 0.3 is 12.1 Å². The molecule has 7 heteroatoms. The smallest absolute Gasteiger partial charge is 0.410 e. The molecule has 0 aromatic rings. The summed E-state index contributed by atoms with van der Waals surface area (Å²) in [5.74, 6) is 0. The van der Waals surface area contributed by atoms with Crippen LogP contribution in [0.5, 0.6) is 0 Å². The average molecular weight is 260 g/mol. The third kappa shape index (κ3) is 9.71. The molecule has 5 N–H and O–H groups in total. The quantitative estimate of drug-likeness (QED) is 0.579. The minimum Gasteiger partial charge on any atom is -0.444 e. The lowest BCUT2D eigenvalue weighted by molar-refractivity contribution is 0.0262. The van der Waals surface area contributed by atoms with E-state index in [1.54, 1.807) is 4.90 Å². The van der Waals surface area contributed by atoms with Crippen LogP contribution in [0, 0.1) is 0 Å². The largest absolute Gasteiger partial charge is 0.444 e. The number of primary amides is 2. The molecule has 0 spiro atoms. The normalized spacial score (nSPS) is 16.1. The first-order valence-electron chi connectivity index (χ1n) is 5.96. The highest BCUT2D eigenvalue weighted by Gasteiger charge is 2.22. The van der Waals surface area contributed by atoms with E-state index in [9.17, 15) is 4.79 Å². The molecular formula is C11H24N4O3. The first-order valence-corrected chi connectivity index (χ1v) is 5.96. The van der Waals surface area contributed by atoms with Crippen LogP contribution in [0.1, 0.15) is 27.2 Å². The number of carbonyl (C=O) groups is 2. The van der Waals surface area contributed by atoms with Gasteiger partial charge in [-0.15, -0.1) is 0 Å². The Bertz CT molecular complexity index is 264. The fourth-order valence-electron chi connectivity index (χ4n) is 1.35. The number of urea groups is 1. The van der Waals surface area contributed by atoms with Crippen LogP contribution in [-0.4, -0.2) is 48.8 Å². The summed E-state index contributed by atoms with van der Waals surface area (Å²) < 4.78 is 5.29. The Hall–Kier alpha value is -1.50. The summed E-state index contributed by atoms with van der Waals surface area (Å²) in [6.07, 6.45) is 0.806. The molecule has 0 bridgehead atoms. The van der Waals surface area contributed by atoms with Crippen molar-refractivity contribution in [3.8, 4) is 0 Å². The molecule has 3 amide bonds. The Morgan fingerprint density at radius 3 is 2.22 bits per heavy atom. The van der Waals surface area contributed by atoms with E-state index in [0.29, 0.717) is 0 Å². The lowest BCUT2D eigenvalue weighted by atomic mass is 10.2. The van der Waals surface area contributed by atoms with Gasteiger partial charge in [0.2, 0.25) is 0 Å². The summed E-state index contributed by atoms with van der Waals surface area (Å²) in [4.78, 5) is 22.4. The van der Waals surface area contributed by atoms with Gasteiger partial charge in [-0.05, 0) is 33.7 Å². The number of nitrogens with zero attached hydrogens (tertiary/aromatic N) is 1. The van der Waals surface area contributed by atoms with Gasteiger partial charge in [0.05, 0.1) is 0 Å². The van der Waals surface area contributed by atoms with Crippen molar-refractivity contribution in [1.29, 1.82) is 0 Å². The molecule has 0 radical (unpaired) electrons. The van der Waals surface area contributed by atoms with E-state index in [-0.39, 0.29) is 6.09 Å². The van der Waals surface area contributed by atoms with Gasteiger partial charge in [0.15, 0.2) is 0 Å². The van der Waals surface area contributed by atoms with E-state index >= 15 is 0 Å². The summed E-state index contributed by atoms with van der Waals surface area (Å²) in [5.41, 5.74) is 8.11. The lowest BCUT2D eigenvalue weighted by Crippen LogP contribution is -2.38. The van der Waals surface area contributed by atoms with E-state index in [1.165, 1.54) is 0 Å².